The predicted molar refractivity (Wildman–Crippen MR) is 150 cm³/mol. The van der Waals surface area contributed by atoms with Gasteiger partial charge in [0, 0.05) is 54.8 Å². The van der Waals surface area contributed by atoms with Crippen molar-refractivity contribution in [1.82, 2.24) is 25.1 Å². The van der Waals surface area contributed by atoms with E-state index in [4.69, 9.17) is 5.10 Å². The van der Waals surface area contributed by atoms with Crippen LogP contribution in [-0.2, 0) is 4.79 Å². The van der Waals surface area contributed by atoms with Gasteiger partial charge >= 0.3 is 0 Å². The summed E-state index contributed by atoms with van der Waals surface area (Å²) >= 11 is 0. The largest absolute Gasteiger partial charge is 0.368 e. The molecular formula is C28H33N7O3S. The first-order valence-electron chi connectivity index (χ1n) is 13.6. The summed E-state index contributed by atoms with van der Waals surface area (Å²) in [6, 6.07) is 12.3. The van der Waals surface area contributed by atoms with Crippen LogP contribution in [0.1, 0.15) is 50.1 Å². The molecule has 0 unspecified atom stereocenters. The fourth-order valence-corrected chi connectivity index (χ4v) is 6.95. The minimum atomic E-state index is -2.45. The number of hydrogen-bond acceptors (Lipinski definition) is 8. The predicted octanol–water partition coefficient (Wildman–Crippen LogP) is 4.35. The van der Waals surface area contributed by atoms with Crippen LogP contribution in [0.4, 0.5) is 5.69 Å². The molecule has 1 aliphatic heterocycles. The Hall–Kier alpha value is -3.46. The first kappa shape index (κ1) is 25.8. The molecule has 0 bridgehead atoms. The van der Waals surface area contributed by atoms with Gasteiger partial charge in [-0.25, -0.2) is 14.6 Å². The van der Waals surface area contributed by atoms with Crippen LogP contribution in [0.2, 0.25) is 0 Å². The van der Waals surface area contributed by atoms with Gasteiger partial charge in [0.25, 0.3) is 0 Å². The molecular weight excluding hydrogens is 514 g/mol. The van der Waals surface area contributed by atoms with Crippen molar-refractivity contribution in [3.63, 3.8) is 0 Å². The van der Waals surface area contributed by atoms with Crippen molar-refractivity contribution in [1.29, 1.82) is 5.26 Å². The molecule has 3 N–H and O–H groups in total. The summed E-state index contributed by atoms with van der Waals surface area (Å²) in [5, 5.41) is 17.5. The number of aromatic nitrogens is 4. The lowest BCUT2D eigenvalue weighted by Gasteiger charge is -2.41. The van der Waals surface area contributed by atoms with Crippen molar-refractivity contribution in [3.05, 3.63) is 54.6 Å². The van der Waals surface area contributed by atoms with Gasteiger partial charge in [-0.15, -0.1) is 0 Å². The molecule has 204 valence electrons. The Kier molecular flexibility index (Phi) is 6.79. The van der Waals surface area contributed by atoms with E-state index in [9.17, 15) is 19.2 Å². The summed E-state index contributed by atoms with van der Waals surface area (Å²) in [6.07, 6.45) is 10.3. The second-order valence-electron chi connectivity index (χ2n) is 10.8. The van der Waals surface area contributed by atoms with Gasteiger partial charge in [-0.1, -0.05) is 25.0 Å². The molecule has 2 aliphatic carbocycles. The van der Waals surface area contributed by atoms with Gasteiger partial charge in [-0.05, 0) is 49.4 Å². The van der Waals surface area contributed by atoms with Crippen molar-refractivity contribution in [2.45, 2.75) is 50.0 Å². The summed E-state index contributed by atoms with van der Waals surface area (Å²) in [5.74, 6) is 0.853. The van der Waals surface area contributed by atoms with Gasteiger partial charge in [-0.3, -0.25) is 13.9 Å². The van der Waals surface area contributed by atoms with Crippen LogP contribution in [0.25, 0.3) is 17.1 Å². The minimum absolute atomic E-state index is 0.0540. The lowest BCUT2D eigenvalue weighted by molar-refractivity contribution is -0.127. The second-order valence-corrected chi connectivity index (χ2v) is 13.3. The zero-order valence-corrected chi connectivity index (χ0v) is 22.6. The van der Waals surface area contributed by atoms with E-state index in [1.165, 1.54) is 0 Å². The molecule has 3 aromatic rings. The Morgan fingerprint density at radius 3 is 2.44 bits per heavy atom. The van der Waals surface area contributed by atoms with E-state index in [1.807, 2.05) is 6.20 Å². The third-order valence-corrected chi connectivity index (χ3v) is 9.87. The number of nitrogens with one attached hydrogen (secondary N) is 1. The van der Waals surface area contributed by atoms with E-state index in [2.05, 4.69) is 50.5 Å². The fourth-order valence-electron chi connectivity index (χ4n) is 5.72. The van der Waals surface area contributed by atoms with Gasteiger partial charge < -0.3 is 10.2 Å². The topological polar surface area (TPSA) is 140 Å². The van der Waals surface area contributed by atoms with Gasteiger partial charge in [0.2, 0.25) is 11.9 Å². The van der Waals surface area contributed by atoms with Crippen molar-refractivity contribution in [2.75, 3.05) is 29.5 Å². The summed E-state index contributed by atoms with van der Waals surface area (Å²) in [6.45, 7) is 1.22. The number of carbonyl (C=O) groups is 1. The molecule has 39 heavy (non-hydrogen) atoms. The zero-order valence-electron chi connectivity index (χ0n) is 21.7. The molecule has 1 amide bonds. The molecule has 2 atom stereocenters. The van der Waals surface area contributed by atoms with Crippen molar-refractivity contribution in [3.8, 4) is 23.1 Å². The van der Waals surface area contributed by atoms with Gasteiger partial charge in [-0.2, -0.15) is 21.0 Å². The van der Waals surface area contributed by atoms with Crippen LogP contribution in [0.3, 0.4) is 0 Å². The Morgan fingerprint density at radius 1 is 1.08 bits per heavy atom. The highest BCUT2D eigenvalue weighted by Crippen LogP contribution is 2.44. The number of anilines is 1. The van der Waals surface area contributed by atoms with Gasteiger partial charge in [0.1, 0.15) is 5.54 Å². The van der Waals surface area contributed by atoms with Crippen molar-refractivity contribution < 1.29 is 13.9 Å². The SMILES string of the molecule is N#CC1(NC(=O)[C@@H]2CCCC[C@H]2c2nn(-c3ncccn3)cc2-c2ccc(N3CCS(O)(O)CC3)cc2)CC1. The number of nitrogens with zero attached hydrogens (tertiary/aromatic N) is 6. The van der Waals surface area contributed by atoms with Crippen LogP contribution >= 0.6 is 10.6 Å². The number of amides is 1. The van der Waals surface area contributed by atoms with Gasteiger partial charge in [0.15, 0.2) is 0 Å². The standard InChI is InChI=1S/C28H33N7O3S/c29-19-28(10-11-28)32-26(36)23-5-2-1-4-22(23)25-24(18-35(33-25)27-30-12-3-13-31-27)20-6-8-21(9-7-20)34-14-16-39(37,38)17-15-34/h3,6-9,12-13,18,22-23,37-38H,1-2,4-5,10-11,14-17H2,(H,32,36)/t22-,23-/m1/s1. The van der Waals surface area contributed by atoms with E-state index in [0.29, 0.717) is 43.4 Å². The van der Waals surface area contributed by atoms with E-state index in [0.717, 1.165) is 48.2 Å². The Morgan fingerprint density at radius 2 is 1.77 bits per heavy atom. The molecule has 0 spiro atoms. The van der Waals surface area contributed by atoms with Crippen LogP contribution in [0, 0.1) is 17.2 Å². The Labute approximate surface area is 229 Å². The summed E-state index contributed by atoms with van der Waals surface area (Å²) < 4.78 is 21.6. The molecule has 6 rings (SSSR count). The molecule has 11 heteroatoms. The third kappa shape index (κ3) is 5.37. The normalized spacial score (nSPS) is 24.4. The lowest BCUT2D eigenvalue weighted by Crippen LogP contribution is -2.42. The van der Waals surface area contributed by atoms with Crippen molar-refractivity contribution >= 4 is 22.2 Å². The smallest absolute Gasteiger partial charge is 0.250 e. The van der Waals surface area contributed by atoms with Crippen LogP contribution < -0.4 is 10.2 Å². The number of nitriles is 1. The highest BCUT2D eigenvalue weighted by molar-refractivity contribution is 8.24. The highest BCUT2D eigenvalue weighted by atomic mass is 32.3. The van der Waals surface area contributed by atoms with Crippen molar-refractivity contribution in [2.24, 2.45) is 5.92 Å². The number of carbonyl (C=O) groups excluding carboxylic acids is 1. The average molecular weight is 548 g/mol. The van der Waals surface area contributed by atoms with E-state index in [1.54, 1.807) is 23.1 Å². The molecule has 0 radical (unpaired) electrons. The molecule has 3 heterocycles. The molecule has 2 saturated carbocycles. The lowest BCUT2D eigenvalue weighted by atomic mass is 9.75. The molecule has 1 saturated heterocycles. The molecule has 3 aliphatic rings. The summed E-state index contributed by atoms with van der Waals surface area (Å²) in [7, 11) is -2.45. The molecule has 2 aromatic heterocycles. The Bertz CT molecular complexity index is 1370. The van der Waals surface area contributed by atoms with Crippen LogP contribution in [-0.4, -0.2) is 64.9 Å². The maximum absolute atomic E-state index is 13.4. The summed E-state index contributed by atoms with van der Waals surface area (Å²) in [5.41, 5.74) is 3.11. The number of hydrogen-bond donors (Lipinski definition) is 3. The maximum Gasteiger partial charge on any atom is 0.250 e. The third-order valence-electron chi connectivity index (χ3n) is 8.20. The number of benzene rings is 1. The first-order chi connectivity index (χ1) is 18.9. The molecule has 1 aromatic carbocycles. The minimum Gasteiger partial charge on any atom is -0.368 e. The quantitative estimate of drug-likeness (QED) is 0.414. The maximum atomic E-state index is 13.4. The zero-order chi connectivity index (χ0) is 27.0. The average Bonchev–Trinajstić information content (AvgIpc) is 3.60. The highest BCUT2D eigenvalue weighted by Gasteiger charge is 2.47. The first-order valence-corrected chi connectivity index (χ1v) is 15.4. The monoisotopic (exact) mass is 547 g/mol. The summed E-state index contributed by atoms with van der Waals surface area (Å²) in [4.78, 5) is 24.4. The van der Waals surface area contributed by atoms with E-state index >= 15 is 0 Å². The fraction of sp³-hybridized carbons (Fsp3) is 0.464. The Balaban J connectivity index is 1.33. The van der Waals surface area contributed by atoms with Crippen LogP contribution in [0.5, 0.6) is 0 Å². The van der Waals surface area contributed by atoms with Crippen LogP contribution in [0.15, 0.2) is 48.9 Å². The van der Waals surface area contributed by atoms with E-state index < -0.39 is 16.1 Å². The number of rotatable bonds is 6. The molecule has 3 fully saturated rings. The van der Waals surface area contributed by atoms with E-state index in [-0.39, 0.29) is 17.7 Å². The second kappa shape index (κ2) is 10.3. The van der Waals surface area contributed by atoms with Gasteiger partial charge in [0.05, 0.1) is 23.3 Å². The molecule has 10 nitrogen and oxygen atoms in total.